The summed E-state index contributed by atoms with van der Waals surface area (Å²) < 4.78 is 1.08. The number of rotatable bonds is 3. The average molecular weight is 375 g/mol. The highest BCUT2D eigenvalue weighted by atomic mass is 127. The molecule has 0 unspecified atom stereocenters. The second kappa shape index (κ2) is 6.71. The van der Waals surface area contributed by atoms with Gasteiger partial charge in [-0.05, 0) is 59.7 Å². The van der Waals surface area contributed by atoms with Gasteiger partial charge in [0.2, 0.25) is 0 Å². The van der Waals surface area contributed by atoms with E-state index in [-0.39, 0.29) is 11.7 Å². The summed E-state index contributed by atoms with van der Waals surface area (Å²) in [6, 6.07) is 5.77. The Morgan fingerprint density at radius 3 is 2.67 bits per heavy atom. The van der Waals surface area contributed by atoms with E-state index in [1.54, 1.807) is 6.08 Å². The Bertz CT molecular complexity index is 441. The minimum Gasteiger partial charge on any atom is -0.295 e. The van der Waals surface area contributed by atoms with Gasteiger partial charge in [0, 0.05) is 20.1 Å². The Morgan fingerprint density at radius 2 is 2.00 bits per heavy atom. The van der Waals surface area contributed by atoms with Gasteiger partial charge in [0.05, 0.1) is 0 Å². The third-order valence-electron chi connectivity index (χ3n) is 3.42. The Balaban J connectivity index is 2.08. The van der Waals surface area contributed by atoms with Crippen LogP contribution in [-0.4, -0.2) is 5.78 Å². The van der Waals surface area contributed by atoms with E-state index in [0.717, 1.165) is 22.0 Å². The van der Waals surface area contributed by atoms with E-state index < -0.39 is 0 Å². The lowest BCUT2D eigenvalue weighted by Crippen LogP contribution is -2.15. The fourth-order valence-electron chi connectivity index (χ4n) is 2.36. The lowest BCUT2D eigenvalue weighted by Gasteiger charge is -2.18. The summed E-state index contributed by atoms with van der Waals surface area (Å²) in [7, 11) is 0. The van der Waals surface area contributed by atoms with Gasteiger partial charge in [0.15, 0.2) is 5.78 Å². The zero-order valence-electron chi connectivity index (χ0n) is 10.2. The standard InChI is InChI=1S/C15H16ClIO/c16-13-7-4-8-14(17)12(13)9-10-15(18)11-5-2-1-3-6-11/h4,7-11H,1-3,5-6H2. The topological polar surface area (TPSA) is 17.1 Å². The second-order valence-electron chi connectivity index (χ2n) is 4.71. The first kappa shape index (κ1) is 14.1. The van der Waals surface area contributed by atoms with Crippen molar-refractivity contribution in [3.8, 4) is 0 Å². The minimum absolute atomic E-state index is 0.232. The van der Waals surface area contributed by atoms with E-state index in [0.29, 0.717) is 5.02 Å². The molecule has 96 valence electrons. The van der Waals surface area contributed by atoms with Crippen molar-refractivity contribution in [3.63, 3.8) is 0 Å². The van der Waals surface area contributed by atoms with Crippen LogP contribution in [0.4, 0.5) is 0 Å². The number of hydrogen-bond donors (Lipinski definition) is 0. The Kier molecular flexibility index (Phi) is 5.25. The van der Waals surface area contributed by atoms with Crippen molar-refractivity contribution in [1.29, 1.82) is 0 Å². The van der Waals surface area contributed by atoms with Crippen molar-refractivity contribution < 1.29 is 4.79 Å². The molecule has 1 aromatic rings. The fourth-order valence-corrected chi connectivity index (χ4v) is 3.43. The molecule has 1 nitrogen and oxygen atoms in total. The van der Waals surface area contributed by atoms with Crippen molar-refractivity contribution in [2.24, 2.45) is 5.92 Å². The van der Waals surface area contributed by atoms with Crippen LogP contribution in [0.2, 0.25) is 5.02 Å². The molecule has 0 N–H and O–H groups in total. The smallest absolute Gasteiger partial charge is 0.158 e. The summed E-state index contributed by atoms with van der Waals surface area (Å²) in [5, 5.41) is 0.703. The van der Waals surface area contributed by atoms with Gasteiger partial charge in [-0.15, -0.1) is 0 Å². The van der Waals surface area contributed by atoms with Crippen molar-refractivity contribution in [2.75, 3.05) is 0 Å². The number of halogens is 2. The van der Waals surface area contributed by atoms with Gasteiger partial charge in [-0.1, -0.05) is 36.9 Å². The first-order valence-electron chi connectivity index (χ1n) is 6.34. The summed E-state index contributed by atoms with van der Waals surface area (Å²) >= 11 is 8.37. The van der Waals surface area contributed by atoms with Crippen LogP contribution in [0, 0.1) is 9.49 Å². The molecule has 0 bridgehead atoms. The zero-order valence-corrected chi connectivity index (χ0v) is 13.1. The minimum atomic E-state index is 0.232. The van der Waals surface area contributed by atoms with Gasteiger partial charge in [0.1, 0.15) is 0 Å². The maximum absolute atomic E-state index is 12.1. The Morgan fingerprint density at radius 1 is 1.28 bits per heavy atom. The molecule has 1 saturated carbocycles. The number of carbonyl (C=O) groups excluding carboxylic acids is 1. The maximum Gasteiger partial charge on any atom is 0.158 e. The van der Waals surface area contributed by atoms with Crippen LogP contribution in [0.1, 0.15) is 37.7 Å². The van der Waals surface area contributed by atoms with Crippen LogP contribution < -0.4 is 0 Å². The monoisotopic (exact) mass is 374 g/mol. The molecule has 2 rings (SSSR count). The van der Waals surface area contributed by atoms with Crippen LogP contribution >= 0.6 is 34.2 Å². The quantitative estimate of drug-likeness (QED) is 0.531. The predicted molar refractivity (Wildman–Crippen MR) is 84.8 cm³/mol. The Hall–Kier alpha value is -0.350. The van der Waals surface area contributed by atoms with Crippen LogP contribution in [0.3, 0.4) is 0 Å². The Labute approximate surface area is 127 Å². The molecular weight excluding hydrogens is 359 g/mol. The van der Waals surface area contributed by atoms with Crippen molar-refractivity contribution in [3.05, 3.63) is 38.4 Å². The molecule has 3 heteroatoms. The lowest BCUT2D eigenvalue weighted by molar-refractivity contribution is -0.119. The maximum atomic E-state index is 12.1. The summed E-state index contributed by atoms with van der Waals surface area (Å²) in [6.45, 7) is 0. The summed E-state index contributed by atoms with van der Waals surface area (Å²) in [5.41, 5.74) is 0.948. The second-order valence-corrected chi connectivity index (χ2v) is 6.28. The van der Waals surface area contributed by atoms with Crippen LogP contribution in [0.5, 0.6) is 0 Å². The predicted octanol–water partition coefficient (Wildman–Crippen LogP) is 5.11. The molecule has 0 amide bonds. The third kappa shape index (κ3) is 3.58. The first-order valence-corrected chi connectivity index (χ1v) is 7.80. The van der Waals surface area contributed by atoms with Crippen molar-refractivity contribution >= 4 is 46.1 Å². The molecule has 0 saturated heterocycles. The van der Waals surface area contributed by atoms with Crippen molar-refractivity contribution in [2.45, 2.75) is 32.1 Å². The van der Waals surface area contributed by atoms with Crippen LogP contribution in [0.25, 0.3) is 6.08 Å². The molecule has 1 aromatic carbocycles. The molecule has 0 heterocycles. The molecule has 1 aliphatic carbocycles. The molecule has 1 fully saturated rings. The van der Waals surface area contributed by atoms with E-state index >= 15 is 0 Å². The lowest BCUT2D eigenvalue weighted by atomic mass is 9.86. The highest BCUT2D eigenvalue weighted by Gasteiger charge is 2.18. The molecule has 0 spiro atoms. The SMILES string of the molecule is O=C(C=Cc1c(Cl)cccc1I)C1CCCCC1. The number of ketones is 1. The van der Waals surface area contributed by atoms with E-state index in [1.165, 1.54) is 19.3 Å². The third-order valence-corrected chi connectivity index (χ3v) is 4.69. The molecule has 0 radical (unpaired) electrons. The molecule has 18 heavy (non-hydrogen) atoms. The normalized spacial score (nSPS) is 17.2. The summed E-state index contributed by atoms with van der Waals surface area (Å²) in [5.74, 6) is 0.487. The molecule has 0 aliphatic heterocycles. The largest absolute Gasteiger partial charge is 0.295 e. The first-order chi connectivity index (χ1) is 8.68. The highest BCUT2D eigenvalue weighted by Crippen LogP contribution is 2.26. The van der Waals surface area contributed by atoms with Crippen molar-refractivity contribution in [1.82, 2.24) is 0 Å². The number of carbonyl (C=O) groups is 1. The molecule has 0 atom stereocenters. The van der Waals surface area contributed by atoms with E-state index in [4.69, 9.17) is 11.6 Å². The summed E-state index contributed by atoms with van der Waals surface area (Å²) in [6.07, 6.45) is 9.31. The van der Waals surface area contributed by atoms with E-state index in [9.17, 15) is 4.79 Å². The van der Waals surface area contributed by atoms with Gasteiger partial charge in [-0.3, -0.25) is 4.79 Å². The summed E-state index contributed by atoms with van der Waals surface area (Å²) in [4.78, 5) is 12.1. The van der Waals surface area contributed by atoms with E-state index in [2.05, 4.69) is 22.6 Å². The highest BCUT2D eigenvalue weighted by molar-refractivity contribution is 14.1. The van der Waals surface area contributed by atoms with Gasteiger partial charge in [0.25, 0.3) is 0 Å². The van der Waals surface area contributed by atoms with Crippen LogP contribution in [0.15, 0.2) is 24.3 Å². The van der Waals surface area contributed by atoms with E-state index in [1.807, 2.05) is 24.3 Å². The molecule has 1 aliphatic rings. The number of allylic oxidation sites excluding steroid dienone is 1. The van der Waals surface area contributed by atoms with Gasteiger partial charge in [-0.25, -0.2) is 0 Å². The fraction of sp³-hybridized carbons (Fsp3) is 0.400. The zero-order chi connectivity index (χ0) is 13.0. The van der Waals surface area contributed by atoms with Crippen LogP contribution in [-0.2, 0) is 4.79 Å². The van der Waals surface area contributed by atoms with Gasteiger partial charge < -0.3 is 0 Å². The molecular formula is C15H16ClIO. The number of benzene rings is 1. The van der Waals surface area contributed by atoms with Gasteiger partial charge >= 0.3 is 0 Å². The molecule has 0 aromatic heterocycles. The number of hydrogen-bond acceptors (Lipinski definition) is 1. The average Bonchev–Trinajstić information content (AvgIpc) is 2.39. The van der Waals surface area contributed by atoms with Gasteiger partial charge in [-0.2, -0.15) is 0 Å².